The fraction of sp³-hybridized carbons (Fsp3) is 0.278. The Morgan fingerprint density at radius 3 is 2.85 bits per heavy atom. The molecule has 0 saturated carbocycles. The standard InChI is InChI=1S/C18H19ClN6O/c19-12-5-3-11(4-6-12)15-10-25-17(24-15)14(16(20)26)9-22-18(25)23-13-2-1-7-21-8-13/h3-6,9-10,13,21H,1-2,7-8H2,(H2,20,26)(H,22,23)/t13-/m0/s1. The van der Waals surface area contributed by atoms with E-state index in [4.69, 9.17) is 17.3 Å². The molecule has 0 radical (unpaired) electrons. The number of carbonyl (C=O) groups excluding carboxylic acids is 1. The molecule has 134 valence electrons. The Balaban J connectivity index is 1.78. The summed E-state index contributed by atoms with van der Waals surface area (Å²) < 4.78 is 1.79. The number of hydrogen-bond donors (Lipinski definition) is 3. The molecular formula is C18H19ClN6O. The molecule has 0 aliphatic carbocycles. The van der Waals surface area contributed by atoms with Crippen molar-refractivity contribution in [3.63, 3.8) is 0 Å². The van der Waals surface area contributed by atoms with Crippen molar-refractivity contribution in [2.45, 2.75) is 18.9 Å². The van der Waals surface area contributed by atoms with Crippen LogP contribution in [0.5, 0.6) is 0 Å². The van der Waals surface area contributed by atoms with E-state index in [0.717, 1.165) is 37.2 Å². The van der Waals surface area contributed by atoms with Gasteiger partial charge in [-0.25, -0.2) is 9.97 Å². The minimum absolute atomic E-state index is 0.278. The van der Waals surface area contributed by atoms with Crippen LogP contribution in [0.25, 0.3) is 16.9 Å². The average molecular weight is 371 g/mol. The minimum atomic E-state index is -0.554. The molecule has 2 aromatic heterocycles. The summed E-state index contributed by atoms with van der Waals surface area (Å²) in [7, 11) is 0. The number of rotatable bonds is 4. The fourth-order valence-corrected chi connectivity index (χ4v) is 3.30. The lowest BCUT2D eigenvalue weighted by molar-refractivity contribution is 0.100. The van der Waals surface area contributed by atoms with Crippen LogP contribution in [-0.2, 0) is 0 Å². The van der Waals surface area contributed by atoms with Gasteiger partial charge in [0.05, 0.1) is 5.69 Å². The average Bonchev–Trinajstić information content (AvgIpc) is 3.09. The lowest BCUT2D eigenvalue weighted by atomic mass is 10.1. The lowest BCUT2D eigenvalue weighted by Crippen LogP contribution is -2.39. The highest BCUT2D eigenvalue weighted by molar-refractivity contribution is 6.30. The van der Waals surface area contributed by atoms with E-state index in [-0.39, 0.29) is 11.6 Å². The molecule has 1 aliphatic rings. The number of imidazole rings is 1. The molecule has 4 N–H and O–H groups in total. The van der Waals surface area contributed by atoms with E-state index in [1.165, 1.54) is 6.20 Å². The third kappa shape index (κ3) is 3.23. The van der Waals surface area contributed by atoms with Crippen molar-refractivity contribution in [1.29, 1.82) is 0 Å². The Hall–Kier alpha value is -2.64. The zero-order valence-electron chi connectivity index (χ0n) is 14.1. The van der Waals surface area contributed by atoms with Crippen LogP contribution < -0.4 is 16.4 Å². The summed E-state index contributed by atoms with van der Waals surface area (Å²) in [6.07, 6.45) is 5.51. The van der Waals surface area contributed by atoms with Gasteiger partial charge >= 0.3 is 0 Å². The summed E-state index contributed by atoms with van der Waals surface area (Å²) in [6, 6.07) is 7.67. The molecule has 0 unspecified atom stereocenters. The van der Waals surface area contributed by atoms with E-state index < -0.39 is 5.91 Å². The van der Waals surface area contributed by atoms with Crippen LogP contribution in [0.1, 0.15) is 23.2 Å². The summed E-state index contributed by atoms with van der Waals surface area (Å²) >= 11 is 5.97. The van der Waals surface area contributed by atoms with Crippen LogP contribution in [0, 0.1) is 0 Å². The third-order valence-corrected chi connectivity index (χ3v) is 4.78. The zero-order chi connectivity index (χ0) is 18.1. The minimum Gasteiger partial charge on any atom is -0.365 e. The molecule has 1 aliphatic heterocycles. The first-order valence-corrected chi connectivity index (χ1v) is 8.91. The number of nitrogens with one attached hydrogen (secondary N) is 2. The van der Waals surface area contributed by atoms with Gasteiger partial charge in [0.15, 0.2) is 5.65 Å². The molecule has 26 heavy (non-hydrogen) atoms. The van der Waals surface area contributed by atoms with Gasteiger partial charge in [-0.3, -0.25) is 9.20 Å². The molecule has 3 aromatic rings. The van der Waals surface area contributed by atoms with Gasteiger partial charge < -0.3 is 16.4 Å². The van der Waals surface area contributed by atoms with E-state index in [0.29, 0.717) is 16.6 Å². The van der Waals surface area contributed by atoms with Crippen LogP contribution in [0.4, 0.5) is 5.95 Å². The molecule has 3 heterocycles. The lowest BCUT2D eigenvalue weighted by Gasteiger charge is -2.24. The number of nitrogens with two attached hydrogens (primary N) is 1. The number of nitrogens with zero attached hydrogens (tertiary/aromatic N) is 3. The van der Waals surface area contributed by atoms with Gasteiger partial charge in [-0.15, -0.1) is 0 Å². The van der Waals surface area contributed by atoms with E-state index in [1.807, 2.05) is 18.3 Å². The molecular weight excluding hydrogens is 352 g/mol. The molecule has 1 aromatic carbocycles. The first kappa shape index (κ1) is 16.8. The monoisotopic (exact) mass is 370 g/mol. The number of primary amides is 1. The number of carbonyl (C=O) groups is 1. The number of anilines is 1. The van der Waals surface area contributed by atoms with Crippen molar-refractivity contribution in [3.8, 4) is 11.3 Å². The Labute approximate surface area is 155 Å². The molecule has 1 atom stereocenters. The van der Waals surface area contributed by atoms with Crippen molar-refractivity contribution < 1.29 is 4.79 Å². The molecule has 0 spiro atoms. The zero-order valence-corrected chi connectivity index (χ0v) is 14.8. The quantitative estimate of drug-likeness (QED) is 0.654. The topological polar surface area (TPSA) is 97.3 Å². The van der Waals surface area contributed by atoms with Crippen LogP contribution in [0.15, 0.2) is 36.7 Å². The Bertz CT molecular complexity index is 946. The Morgan fingerprint density at radius 1 is 1.35 bits per heavy atom. The number of piperidine rings is 1. The number of amides is 1. The van der Waals surface area contributed by atoms with Gasteiger partial charge in [-0.1, -0.05) is 23.7 Å². The third-order valence-electron chi connectivity index (χ3n) is 4.53. The molecule has 1 saturated heterocycles. The predicted octanol–water partition coefficient (Wildman–Crippen LogP) is 2.31. The largest absolute Gasteiger partial charge is 0.365 e. The number of benzene rings is 1. The number of halogens is 1. The second-order valence-electron chi connectivity index (χ2n) is 6.37. The summed E-state index contributed by atoms with van der Waals surface area (Å²) in [5, 5.41) is 7.46. The molecule has 8 heteroatoms. The SMILES string of the molecule is NC(=O)c1cnc(N[C@H]2CCCNC2)n2cc(-c3ccc(Cl)cc3)nc12. The van der Waals surface area contributed by atoms with Gasteiger partial charge in [0, 0.05) is 35.6 Å². The van der Waals surface area contributed by atoms with Crippen molar-refractivity contribution in [3.05, 3.63) is 47.2 Å². The Kier molecular flexibility index (Phi) is 4.48. The first-order chi connectivity index (χ1) is 12.6. The first-order valence-electron chi connectivity index (χ1n) is 8.53. The van der Waals surface area contributed by atoms with Crippen LogP contribution >= 0.6 is 11.6 Å². The van der Waals surface area contributed by atoms with Crippen molar-refractivity contribution in [1.82, 2.24) is 19.7 Å². The van der Waals surface area contributed by atoms with Gasteiger partial charge in [-0.2, -0.15) is 0 Å². The van der Waals surface area contributed by atoms with Crippen molar-refractivity contribution in [2.24, 2.45) is 5.73 Å². The van der Waals surface area contributed by atoms with E-state index in [9.17, 15) is 4.79 Å². The maximum atomic E-state index is 11.8. The molecule has 7 nitrogen and oxygen atoms in total. The van der Waals surface area contributed by atoms with Gasteiger partial charge in [0.1, 0.15) is 5.56 Å². The number of fused-ring (bicyclic) bond motifs is 1. The predicted molar refractivity (Wildman–Crippen MR) is 101 cm³/mol. The molecule has 1 amide bonds. The smallest absolute Gasteiger partial charge is 0.254 e. The maximum Gasteiger partial charge on any atom is 0.254 e. The summed E-state index contributed by atoms with van der Waals surface area (Å²) in [4.78, 5) is 20.8. The summed E-state index contributed by atoms with van der Waals surface area (Å²) in [5.74, 6) is 0.0908. The highest BCUT2D eigenvalue weighted by Crippen LogP contribution is 2.24. The Morgan fingerprint density at radius 2 is 2.15 bits per heavy atom. The van der Waals surface area contributed by atoms with Crippen LogP contribution in [0.3, 0.4) is 0 Å². The fourth-order valence-electron chi connectivity index (χ4n) is 3.18. The molecule has 1 fully saturated rings. The summed E-state index contributed by atoms with van der Waals surface area (Å²) in [6.45, 7) is 1.91. The maximum absolute atomic E-state index is 11.8. The van der Waals surface area contributed by atoms with Gasteiger partial charge in [0.25, 0.3) is 5.91 Å². The van der Waals surface area contributed by atoms with Crippen molar-refractivity contribution in [2.75, 3.05) is 18.4 Å². The van der Waals surface area contributed by atoms with E-state index in [1.54, 1.807) is 16.5 Å². The second-order valence-corrected chi connectivity index (χ2v) is 6.81. The van der Waals surface area contributed by atoms with Gasteiger partial charge in [-0.05, 0) is 31.5 Å². The van der Waals surface area contributed by atoms with Crippen LogP contribution in [-0.4, -0.2) is 39.4 Å². The van der Waals surface area contributed by atoms with Crippen LogP contribution in [0.2, 0.25) is 5.02 Å². The number of hydrogen-bond acceptors (Lipinski definition) is 5. The molecule has 0 bridgehead atoms. The number of aromatic nitrogens is 3. The van der Waals surface area contributed by atoms with E-state index >= 15 is 0 Å². The summed E-state index contributed by atoms with van der Waals surface area (Å²) in [5.41, 5.74) is 7.91. The highest BCUT2D eigenvalue weighted by atomic mass is 35.5. The van der Waals surface area contributed by atoms with E-state index in [2.05, 4.69) is 20.6 Å². The second kappa shape index (κ2) is 6.93. The normalized spacial score (nSPS) is 17.3. The molecule has 4 rings (SSSR count). The highest BCUT2D eigenvalue weighted by Gasteiger charge is 2.19. The van der Waals surface area contributed by atoms with Crippen molar-refractivity contribution >= 4 is 29.1 Å². The van der Waals surface area contributed by atoms with Gasteiger partial charge in [0.2, 0.25) is 5.95 Å².